The summed E-state index contributed by atoms with van der Waals surface area (Å²) in [6, 6.07) is 15.6. The number of benzene rings is 2. The van der Waals surface area contributed by atoms with E-state index in [9.17, 15) is 9.18 Å². The number of amides is 1. The van der Waals surface area contributed by atoms with Crippen molar-refractivity contribution in [3.63, 3.8) is 0 Å². The maximum absolute atomic E-state index is 14.1. The Morgan fingerprint density at radius 3 is 2.65 bits per heavy atom. The van der Waals surface area contributed by atoms with Crippen LogP contribution in [0.1, 0.15) is 41.5 Å². The molecule has 2 heterocycles. The molecule has 4 rings (SSSR count). The predicted molar refractivity (Wildman–Crippen MR) is 95.8 cm³/mol. The fourth-order valence-corrected chi connectivity index (χ4v) is 3.39. The molecule has 1 fully saturated rings. The average molecular weight is 350 g/mol. The van der Waals surface area contributed by atoms with Crippen LogP contribution in [0.2, 0.25) is 0 Å². The van der Waals surface area contributed by atoms with Crippen molar-refractivity contribution in [3.8, 4) is 11.4 Å². The normalized spacial score (nSPS) is 17.3. The Morgan fingerprint density at radius 2 is 1.85 bits per heavy atom. The van der Waals surface area contributed by atoms with E-state index in [1.54, 1.807) is 17.0 Å². The monoisotopic (exact) mass is 350 g/mol. The minimum absolute atomic E-state index is 0.0993. The van der Waals surface area contributed by atoms with E-state index in [0.29, 0.717) is 18.2 Å². The van der Waals surface area contributed by atoms with Crippen LogP contribution in [-0.2, 0) is 0 Å². The molecule has 0 spiro atoms. The van der Waals surface area contributed by atoms with Gasteiger partial charge in [0, 0.05) is 12.1 Å². The molecule has 6 heteroatoms. The van der Waals surface area contributed by atoms with Crippen LogP contribution in [0.15, 0.2) is 54.6 Å². The number of likely N-dealkylation sites (tertiary alicyclic amines) is 1. The number of aromatic amines is 1. The molecular weight excluding hydrogens is 331 g/mol. The number of rotatable bonds is 3. The van der Waals surface area contributed by atoms with Crippen molar-refractivity contribution in [2.45, 2.75) is 25.3 Å². The number of carbonyl (C=O) groups excluding carboxylic acids is 1. The van der Waals surface area contributed by atoms with Crippen LogP contribution in [0, 0.1) is 5.82 Å². The van der Waals surface area contributed by atoms with Gasteiger partial charge in [0.15, 0.2) is 5.82 Å². The predicted octanol–water partition coefficient (Wildman–Crippen LogP) is 3.98. The van der Waals surface area contributed by atoms with Gasteiger partial charge in [0.1, 0.15) is 11.6 Å². The van der Waals surface area contributed by atoms with Crippen LogP contribution in [0.3, 0.4) is 0 Å². The molecule has 1 atom stereocenters. The van der Waals surface area contributed by atoms with Crippen LogP contribution in [0.4, 0.5) is 4.39 Å². The molecule has 5 nitrogen and oxygen atoms in total. The highest BCUT2D eigenvalue weighted by Gasteiger charge is 2.32. The summed E-state index contributed by atoms with van der Waals surface area (Å²) in [6.45, 7) is 0.583. The van der Waals surface area contributed by atoms with Crippen molar-refractivity contribution < 1.29 is 9.18 Å². The first kappa shape index (κ1) is 16.4. The Kier molecular flexibility index (Phi) is 4.48. The standard InChI is InChI=1S/C20H19FN4O/c21-16-11-5-4-10-15(16)20(26)25-13-7-6-12-17(25)19-22-18(23-24-19)14-8-2-1-3-9-14/h1-5,8-11,17H,6-7,12-13H2,(H,22,23,24). The van der Waals surface area contributed by atoms with Gasteiger partial charge in [-0.2, -0.15) is 5.10 Å². The van der Waals surface area contributed by atoms with Gasteiger partial charge in [0.25, 0.3) is 5.91 Å². The van der Waals surface area contributed by atoms with E-state index in [1.165, 1.54) is 12.1 Å². The summed E-state index contributed by atoms with van der Waals surface area (Å²) in [5.41, 5.74) is 1.01. The zero-order valence-electron chi connectivity index (χ0n) is 14.2. The van der Waals surface area contributed by atoms with Crippen molar-refractivity contribution in [1.82, 2.24) is 20.1 Å². The Hall–Kier alpha value is -3.02. The van der Waals surface area contributed by atoms with Crippen LogP contribution >= 0.6 is 0 Å². The van der Waals surface area contributed by atoms with E-state index >= 15 is 0 Å². The molecule has 26 heavy (non-hydrogen) atoms. The molecule has 0 aliphatic carbocycles. The Morgan fingerprint density at radius 1 is 1.08 bits per heavy atom. The van der Waals surface area contributed by atoms with Crippen LogP contribution < -0.4 is 0 Å². The van der Waals surface area contributed by atoms with Crippen LogP contribution in [0.5, 0.6) is 0 Å². The quantitative estimate of drug-likeness (QED) is 0.777. The van der Waals surface area contributed by atoms with Crippen molar-refractivity contribution in [3.05, 3.63) is 71.8 Å². The minimum Gasteiger partial charge on any atom is -0.328 e. The van der Waals surface area contributed by atoms with E-state index in [4.69, 9.17) is 0 Å². The molecule has 1 aromatic heterocycles. The third kappa shape index (κ3) is 3.10. The number of piperidine rings is 1. The maximum atomic E-state index is 14.1. The zero-order valence-corrected chi connectivity index (χ0v) is 14.2. The lowest BCUT2D eigenvalue weighted by Crippen LogP contribution is -2.39. The maximum Gasteiger partial charge on any atom is 0.257 e. The summed E-state index contributed by atoms with van der Waals surface area (Å²) in [5, 5.41) is 7.27. The van der Waals surface area contributed by atoms with Crippen molar-refractivity contribution >= 4 is 5.91 Å². The molecule has 1 aliphatic heterocycles. The highest BCUT2D eigenvalue weighted by molar-refractivity contribution is 5.94. The molecule has 3 aromatic rings. The molecule has 1 aliphatic rings. The second-order valence-electron chi connectivity index (χ2n) is 6.40. The minimum atomic E-state index is -0.496. The smallest absolute Gasteiger partial charge is 0.257 e. The number of hydrogen-bond donors (Lipinski definition) is 1. The molecule has 1 unspecified atom stereocenters. The summed E-state index contributed by atoms with van der Waals surface area (Å²) in [5.74, 6) is 0.451. The molecule has 0 radical (unpaired) electrons. The summed E-state index contributed by atoms with van der Waals surface area (Å²) in [7, 11) is 0. The van der Waals surface area contributed by atoms with Gasteiger partial charge in [0.05, 0.1) is 11.6 Å². The van der Waals surface area contributed by atoms with Gasteiger partial charge in [-0.1, -0.05) is 42.5 Å². The first-order valence-electron chi connectivity index (χ1n) is 8.77. The molecule has 132 valence electrons. The van der Waals surface area contributed by atoms with Crippen LogP contribution in [0.25, 0.3) is 11.4 Å². The number of nitrogens with zero attached hydrogens (tertiary/aromatic N) is 3. The number of H-pyrrole nitrogens is 1. The first-order chi connectivity index (χ1) is 12.7. The molecule has 1 amide bonds. The van der Waals surface area contributed by atoms with Gasteiger partial charge in [-0.25, -0.2) is 9.37 Å². The third-order valence-corrected chi connectivity index (χ3v) is 4.72. The van der Waals surface area contributed by atoms with Gasteiger partial charge in [0.2, 0.25) is 0 Å². The van der Waals surface area contributed by atoms with Gasteiger partial charge in [-0.15, -0.1) is 0 Å². The number of carbonyl (C=O) groups is 1. The molecular formula is C20H19FN4O. The number of halogens is 1. The van der Waals surface area contributed by atoms with Crippen LogP contribution in [-0.4, -0.2) is 32.5 Å². The summed E-state index contributed by atoms with van der Waals surface area (Å²) < 4.78 is 14.1. The van der Waals surface area contributed by atoms with Gasteiger partial charge >= 0.3 is 0 Å². The van der Waals surface area contributed by atoms with E-state index in [-0.39, 0.29) is 17.5 Å². The summed E-state index contributed by atoms with van der Waals surface area (Å²) in [6.07, 6.45) is 2.67. The number of nitrogens with one attached hydrogen (secondary N) is 1. The molecule has 0 bridgehead atoms. The molecule has 1 N–H and O–H groups in total. The third-order valence-electron chi connectivity index (χ3n) is 4.72. The SMILES string of the molecule is O=C(c1ccccc1F)N1CCCCC1c1nc(-c2ccccc2)n[nH]1. The Labute approximate surface area is 150 Å². The van der Waals surface area contributed by atoms with Gasteiger partial charge in [-0.3, -0.25) is 9.89 Å². The highest BCUT2D eigenvalue weighted by atomic mass is 19.1. The Bertz CT molecular complexity index is 909. The second-order valence-corrected chi connectivity index (χ2v) is 6.40. The van der Waals surface area contributed by atoms with E-state index in [2.05, 4.69) is 15.2 Å². The van der Waals surface area contributed by atoms with E-state index in [1.807, 2.05) is 30.3 Å². The summed E-state index contributed by atoms with van der Waals surface area (Å²) >= 11 is 0. The lowest BCUT2D eigenvalue weighted by atomic mass is 10.00. The summed E-state index contributed by atoms with van der Waals surface area (Å²) in [4.78, 5) is 19.2. The number of hydrogen-bond acceptors (Lipinski definition) is 3. The van der Waals surface area contributed by atoms with Crippen molar-refractivity contribution in [2.75, 3.05) is 6.54 Å². The van der Waals surface area contributed by atoms with Crippen molar-refractivity contribution in [2.24, 2.45) is 0 Å². The molecule has 1 saturated heterocycles. The fraction of sp³-hybridized carbons (Fsp3) is 0.250. The second kappa shape index (κ2) is 7.07. The molecule has 0 saturated carbocycles. The lowest BCUT2D eigenvalue weighted by molar-refractivity contribution is 0.0595. The highest BCUT2D eigenvalue weighted by Crippen LogP contribution is 2.31. The van der Waals surface area contributed by atoms with Gasteiger partial charge < -0.3 is 4.90 Å². The Balaban J connectivity index is 1.63. The lowest BCUT2D eigenvalue weighted by Gasteiger charge is -2.34. The molecule has 2 aromatic carbocycles. The van der Waals surface area contributed by atoms with Gasteiger partial charge in [-0.05, 0) is 31.4 Å². The first-order valence-corrected chi connectivity index (χ1v) is 8.77. The number of aromatic nitrogens is 3. The largest absolute Gasteiger partial charge is 0.328 e. The topological polar surface area (TPSA) is 61.9 Å². The van der Waals surface area contributed by atoms with E-state index in [0.717, 1.165) is 24.8 Å². The average Bonchev–Trinajstić information content (AvgIpc) is 3.19. The fourth-order valence-electron chi connectivity index (χ4n) is 3.39. The van der Waals surface area contributed by atoms with E-state index < -0.39 is 5.82 Å². The zero-order chi connectivity index (χ0) is 17.9. The van der Waals surface area contributed by atoms with Crippen molar-refractivity contribution in [1.29, 1.82) is 0 Å².